The Balaban J connectivity index is 1.77. The molecule has 29 heavy (non-hydrogen) atoms. The molecule has 1 aliphatic heterocycles. The van der Waals surface area contributed by atoms with Crippen molar-refractivity contribution >= 4 is 27.3 Å². The molecule has 1 amide bonds. The van der Waals surface area contributed by atoms with Crippen molar-refractivity contribution in [1.82, 2.24) is 4.72 Å². The molecular weight excluding hydrogens is 397 g/mol. The van der Waals surface area contributed by atoms with Crippen LogP contribution in [0, 0.1) is 0 Å². The van der Waals surface area contributed by atoms with Gasteiger partial charge in [-0.25, -0.2) is 17.5 Å². The van der Waals surface area contributed by atoms with E-state index in [-0.39, 0.29) is 12.0 Å². The zero-order chi connectivity index (χ0) is 21.6. The average Bonchev–Trinajstić information content (AvgIpc) is 2.65. The van der Waals surface area contributed by atoms with Crippen LogP contribution in [0.3, 0.4) is 0 Å². The molecule has 164 valence electrons. The smallest absolute Gasteiger partial charge is 0.224 e. The first kappa shape index (κ1) is 23.6. The zero-order valence-electron chi connectivity index (χ0n) is 17.5. The Kier molecular flexibility index (Phi) is 8.42. The maximum atomic E-state index is 14.4. The SMILES string of the molecule is CC1CN(c2ccc(NC(=O)CCCCNS(=O)(=O)C(C)C)cc2)C(F)C(C)O1. The summed E-state index contributed by atoms with van der Waals surface area (Å²) in [4.78, 5) is 13.7. The number of morpholine rings is 1. The third kappa shape index (κ3) is 6.94. The maximum Gasteiger partial charge on any atom is 0.224 e. The van der Waals surface area contributed by atoms with Crippen LogP contribution in [0.4, 0.5) is 15.8 Å². The van der Waals surface area contributed by atoms with Gasteiger partial charge in [0.25, 0.3) is 0 Å². The van der Waals surface area contributed by atoms with E-state index in [1.165, 1.54) is 0 Å². The molecule has 7 nitrogen and oxygen atoms in total. The van der Waals surface area contributed by atoms with Gasteiger partial charge in [0.15, 0.2) is 6.30 Å². The number of anilines is 2. The van der Waals surface area contributed by atoms with Crippen molar-refractivity contribution in [3.8, 4) is 0 Å². The van der Waals surface area contributed by atoms with E-state index < -0.39 is 27.7 Å². The summed E-state index contributed by atoms with van der Waals surface area (Å²) in [7, 11) is -3.26. The van der Waals surface area contributed by atoms with Gasteiger partial charge in [-0.3, -0.25) is 4.79 Å². The minimum absolute atomic E-state index is 0.0543. The lowest BCUT2D eigenvalue weighted by Gasteiger charge is -2.39. The largest absolute Gasteiger partial charge is 0.369 e. The fourth-order valence-electron chi connectivity index (χ4n) is 3.10. The van der Waals surface area contributed by atoms with Gasteiger partial charge in [-0.05, 0) is 64.8 Å². The molecule has 2 rings (SSSR count). The van der Waals surface area contributed by atoms with Crippen molar-refractivity contribution in [1.29, 1.82) is 0 Å². The second-order valence-electron chi connectivity index (χ2n) is 7.72. The van der Waals surface area contributed by atoms with E-state index in [0.29, 0.717) is 38.0 Å². The van der Waals surface area contributed by atoms with Gasteiger partial charge in [0, 0.05) is 30.9 Å². The summed E-state index contributed by atoms with van der Waals surface area (Å²) in [6, 6.07) is 7.07. The number of halogens is 1. The van der Waals surface area contributed by atoms with Crippen LogP contribution >= 0.6 is 0 Å². The van der Waals surface area contributed by atoms with E-state index in [1.807, 2.05) is 6.92 Å². The second kappa shape index (κ2) is 10.4. The van der Waals surface area contributed by atoms with Crippen molar-refractivity contribution in [2.24, 2.45) is 0 Å². The molecule has 1 aliphatic rings. The number of nitrogens with one attached hydrogen (secondary N) is 2. The molecule has 1 fully saturated rings. The number of benzene rings is 1. The quantitative estimate of drug-likeness (QED) is 0.465. The molecule has 1 aromatic rings. The molecule has 0 aromatic heterocycles. The Morgan fingerprint density at radius 2 is 1.90 bits per heavy atom. The molecule has 3 atom stereocenters. The maximum absolute atomic E-state index is 14.4. The third-order valence-electron chi connectivity index (χ3n) is 4.82. The number of hydrogen-bond donors (Lipinski definition) is 2. The van der Waals surface area contributed by atoms with Crippen LogP contribution in [0.2, 0.25) is 0 Å². The van der Waals surface area contributed by atoms with Crippen molar-refractivity contribution in [2.75, 3.05) is 23.3 Å². The standard InChI is InChI=1S/C20H32FN3O4S/c1-14(2)29(26,27)22-12-6-5-7-19(25)23-17-8-10-18(11-9-17)24-13-15(3)28-16(4)20(24)21/h8-11,14-16,20,22H,5-7,12-13H2,1-4H3,(H,23,25). The van der Waals surface area contributed by atoms with Gasteiger partial charge in [0.05, 0.1) is 11.4 Å². The first-order valence-electron chi connectivity index (χ1n) is 10.0. The third-order valence-corrected chi connectivity index (χ3v) is 6.67. The number of ether oxygens (including phenoxy) is 1. The Morgan fingerprint density at radius 1 is 1.24 bits per heavy atom. The number of amides is 1. The van der Waals surface area contributed by atoms with Crippen molar-refractivity contribution in [2.45, 2.75) is 70.7 Å². The van der Waals surface area contributed by atoms with Crippen LogP contribution < -0.4 is 14.9 Å². The van der Waals surface area contributed by atoms with Gasteiger partial charge in [0.2, 0.25) is 15.9 Å². The van der Waals surface area contributed by atoms with Crippen LogP contribution in [0.1, 0.15) is 47.0 Å². The Labute approximate surface area is 173 Å². The van der Waals surface area contributed by atoms with Crippen LogP contribution in [0.15, 0.2) is 24.3 Å². The van der Waals surface area contributed by atoms with E-state index >= 15 is 0 Å². The predicted molar refractivity (Wildman–Crippen MR) is 113 cm³/mol. The van der Waals surface area contributed by atoms with Gasteiger partial charge in [-0.2, -0.15) is 0 Å². The molecule has 0 bridgehead atoms. The first-order chi connectivity index (χ1) is 13.6. The van der Waals surface area contributed by atoms with E-state index in [9.17, 15) is 17.6 Å². The van der Waals surface area contributed by atoms with Crippen LogP contribution in [0.5, 0.6) is 0 Å². The van der Waals surface area contributed by atoms with E-state index in [1.54, 1.807) is 49.9 Å². The van der Waals surface area contributed by atoms with Crippen LogP contribution in [0.25, 0.3) is 0 Å². The summed E-state index contributed by atoms with van der Waals surface area (Å²) in [5, 5.41) is 2.34. The van der Waals surface area contributed by atoms with Crippen LogP contribution in [-0.2, 0) is 19.6 Å². The molecule has 3 unspecified atom stereocenters. The van der Waals surface area contributed by atoms with Gasteiger partial charge in [0.1, 0.15) is 6.10 Å². The lowest BCUT2D eigenvalue weighted by Crippen LogP contribution is -2.51. The highest BCUT2D eigenvalue weighted by Crippen LogP contribution is 2.27. The summed E-state index contributed by atoms with van der Waals surface area (Å²) in [6.45, 7) is 7.67. The van der Waals surface area contributed by atoms with E-state index in [0.717, 1.165) is 5.69 Å². The molecule has 1 heterocycles. The molecule has 0 aliphatic carbocycles. The highest BCUT2D eigenvalue weighted by Gasteiger charge is 2.32. The fourth-order valence-corrected chi connectivity index (χ4v) is 3.87. The van der Waals surface area contributed by atoms with Gasteiger partial charge in [-0.1, -0.05) is 0 Å². The molecule has 9 heteroatoms. The lowest BCUT2D eigenvalue weighted by atomic mass is 10.1. The summed E-state index contributed by atoms with van der Waals surface area (Å²) in [5.41, 5.74) is 1.39. The summed E-state index contributed by atoms with van der Waals surface area (Å²) in [6.07, 6.45) is -0.290. The van der Waals surface area contributed by atoms with Gasteiger partial charge in [-0.15, -0.1) is 0 Å². The molecule has 0 spiro atoms. The van der Waals surface area contributed by atoms with Crippen LogP contribution in [-0.4, -0.2) is 51.2 Å². The second-order valence-corrected chi connectivity index (χ2v) is 10.0. The molecule has 1 aromatic carbocycles. The predicted octanol–water partition coefficient (Wildman–Crippen LogP) is 3.03. The molecule has 0 radical (unpaired) electrons. The number of carbonyl (C=O) groups is 1. The number of nitrogens with zero attached hydrogens (tertiary/aromatic N) is 1. The normalized spacial score (nSPS) is 22.7. The van der Waals surface area contributed by atoms with Crippen molar-refractivity contribution < 1.29 is 22.3 Å². The summed E-state index contributed by atoms with van der Waals surface area (Å²) >= 11 is 0. The Hall–Kier alpha value is -1.71. The Morgan fingerprint density at radius 3 is 2.52 bits per heavy atom. The number of alkyl halides is 1. The van der Waals surface area contributed by atoms with Crippen molar-refractivity contribution in [3.05, 3.63) is 24.3 Å². The zero-order valence-corrected chi connectivity index (χ0v) is 18.3. The number of sulfonamides is 1. The molecule has 2 N–H and O–H groups in total. The number of rotatable bonds is 9. The Bertz CT molecular complexity index is 770. The molecule has 0 saturated carbocycles. The monoisotopic (exact) mass is 429 g/mol. The van der Waals surface area contributed by atoms with E-state index in [4.69, 9.17) is 4.74 Å². The minimum atomic E-state index is -3.26. The van der Waals surface area contributed by atoms with Gasteiger partial charge >= 0.3 is 0 Å². The fraction of sp³-hybridized carbons (Fsp3) is 0.650. The lowest BCUT2D eigenvalue weighted by molar-refractivity contribution is -0.116. The van der Waals surface area contributed by atoms with Gasteiger partial charge < -0.3 is 15.0 Å². The van der Waals surface area contributed by atoms with Crippen molar-refractivity contribution in [3.63, 3.8) is 0 Å². The summed E-state index contributed by atoms with van der Waals surface area (Å²) < 4.78 is 45.7. The topological polar surface area (TPSA) is 87.7 Å². The minimum Gasteiger partial charge on any atom is -0.369 e. The molecular formula is C20H32FN3O4S. The highest BCUT2D eigenvalue weighted by atomic mass is 32.2. The average molecular weight is 430 g/mol. The number of hydrogen-bond acceptors (Lipinski definition) is 5. The number of unbranched alkanes of at least 4 members (excludes halogenated alkanes) is 1. The number of carbonyl (C=O) groups excluding carboxylic acids is 1. The van der Waals surface area contributed by atoms with E-state index in [2.05, 4.69) is 10.0 Å². The highest BCUT2D eigenvalue weighted by molar-refractivity contribution is 7.90. The first-order valence-corrected chi connectivity index (χ1v) is 11.6. The summed E-state index contributed by atoms with van der Waals surface area (Å²) in [5.74, 6) is -0.138. The molecule has 1 saturated heterocycles.